The lowest BCUT2D eigenvalue weighted by Gasteiger charge is -2.17. The molecule has 0 aliphatic heterocycles. The van der Waals surface area contributed by atoms with Gasteiger partial charge < -0.3 is 0 Å². The first-order chi connectivity index (χ1) is 15.5. The Morgan fingerprint density at radius 1 is 0.938 bits per heavy atom. The Morgan fingerprint density at radius 3 is 2.28 bits per heavy atom. The van der Waals surface area contributed by atoms with Crippen molar-refractivity contribution in [2.24, 2.45) is 0 Å². The zero-order valence-electron chi connectivity index (χ0n) is 18.5. The summed E-state index contributed by atoms with van der Waals surface area (Å²) in [5.41, 5.74) is 3.14. The number of benzene rings is 3. The van der Waals surface area contributed by atoms with Crippen LogP contribution in [-0.4, -0.2) is 20.6 Å². The van der Waals surface area contributed by atoms with Crippen molar-refractivity contribution < 1.29 is 4.79 Å². The van der Waals surface area contributed by atoms with Gasteiger partial charge in [0.05, 0.1) is 21.8 Å². The molecule has 0 fully saturated rings. The molecular weight excluding hydrogens is 416 g/mol. The first-order valence-corrected chi connectivity index (χ1v) is 11.8. The van der Waals surface area contributed by atoms with Gasteiger partial charge in [-0.15, -0.1) is 0 Å². The van der Waals surface area contributed by atoms with Crippen LogP contribution in [0.25, 0.3) is 16.6 Å². The van der Waals surface area contributed by atoms with Gasteiger partial charge in [0, 0.05) is 5.56 Å². The molecule has 1 aromatic heterocycles. The zero-order valence-corrected chi connectivity index (χ0v) is 19.3. The van der Waals surface area contributed by atoms with E-state index in [1.165, 1.54) is 17.3 Å². The number of aromatic nitrogens is 2. The van der Waals surface area contributed by atoms with E-state index in [1.54, 1.807) is 10.6 Å². The van der Waals surface area contributed by atoms with Crippen LogP contribution in [0.3, 0.4) is 0 Å². The number of ketones is 1. The Hall–Kier alpha value is -3.18. The number of carbonyl (C=O) groups excluding carboxylic acids is 1. The smallest absolute Gasteiger partial charge is 0.266 e. The van der Waals surface area contributed by atoms with Gasteiger partial charge in [-0.2, -0.15) is 0 Å². The van der Waals surface area contributed by atoms with Crippen molar-refractivity contribution in [1.82, 2.24) is 9.55 Å². The van der Waals surface area contributed by atoms with Crippen molar-refractivity contribution in [2.45, 2.75) is 43.5 Å². The van der Waals surface area contributed by atoms with E-state index >= 15 is 0 Å². The van der Waals surface area contributed by atoms with Crippen LogP contribution in [0.1, 0.15) is 49.0 Å². The average molecular weight is 443 g/mol. The van der Waals surface area contributed by atoms with Crippen LogP contribution in [0.5, 0.6) is 0 Å². The Labute approximate surface area is 192 Å². The van der Waals surface area contributed by atoms with Crippen LogP contribution in [0, 0.1) is 0 Å². The van der Waals surface area contributed by atoms with Crippen molar-refractivity contribution >= 4 is 28.4 Å². The lowest BCUT2D eigenvalue weighted by molar-refractivity contribution is 0.0994. The predicted molar refractivity (Wildman–Crippen MR) is 132 cm³/mol. The van der Waals surface area contributed by atoms with E-state index in [9.17, 15) is 9.59 Å². The normalized spacial score (nSPS) is 13.1. The molecule has 1 heterocycles. The first kappa shape index (κ1) is 22.0. The largest absolute Gasteiger partial charge is 0.293 e. The molecular formula is C27H26N2O2S. The second-order valence-electron chi connectivity index (χ2n) is 7.94. The molecule has 2 unspecified atom stereocenters. The van der Waals surface area contributed by atoms with Gasteiger partial charge in [0.15, 0.2) is 10.9 Å². The summed E-state index contributed by atoms with van der Waals surface area (Å²) in [6.45, 7) is 6.21. The minimum Gasteiger partial charge on any atom is -0.293 e. The van der Waals surface area contributed by atoms with Crippen LogP contribution in [-0.2, 0) is 0 Å². The maximum Gasteiger partial charge on any atom is 0.266 e. The Morgan fingerprint density at radius 2 is 1.59 bits per heavy atom. The summed E-state index contributed by atoms with van der Waals surface area (Å²) in [6, 6.07) is 24.6. The molecule has 0 N–H and O–H groups in total. The molecule has 162 valence electrons. The standard InChI is InChI=1S/C27H26N2O2S/c1-4-18(2)20-14-16-22(17-15-20)29-26(31)23-12-8-9-13-24(23)28-27(29)32-19(3)25(30)21-10-6-5-7-11-21/h5-19H,4H2,1-3H3. The summed E-state index contributed by atoms with van der Waals surface area (Å²) in [7, 11) is 0. The number of Topliss-reactive ketones (excluding diaryl/α,β-unsaturated/α-hetero) is 1. The third-order valence-electron chi connectivity index (χ3n) is 5.79. The van der Waals surface area contributed by atoms with Crippen LogP contribution < -0.4 is 5.56 Å². The molecule has 4 rings (SSSR count). The van der Waals surface area contributed by atoms with E-state index < -0.39 is 5.25 Å². The van der Waals surface area contributed by atoms with E-state index in [4.69, 9.17) is 4.98 Å². The van der Waals surface area contributed by atoms with Gasteiger partial charge in [0.25, 0.3) is 5.56 Å². The predicted octanol–water partition coefficient (Wildman–Crippen LogP) is 6.26. The monoisotopic (exact) mass is 442 g/mol. The van der Waals surface area contributed by atoms with Crippen molar-refractivity contribution in [2.75, 3.05) is 0 Å². The summed E-state index contributed by atoms with van der Waals surface area (Å²) in [4.78, 5) is 31.2. The first-order valence-electron chi connectivity index (χ1n) is 10.9. The van der Waals surface area contributed by atoms with Gasteiger partial charge in [-0.25, -0.2) is 4.98 Å². The minimum absolute atomic E-state index is 0.0108. The topological polar surface area (TPSA) is 52.0 Å². The highest BCUT2D eigenvalue weighted by atomic mass is 32.2. The minimum atomic E-state index is -0.393. The van der Waals surface area contributed by atoms with Gasteiger partial charge in [-0.3, -0.25) is 14.2 Å². The van der Waals surface area contributed by atoms with Crippen molar-refractivity contribution in [3.8, 4) is 5.69 Å². The number of thioether (sulfide) groups is 1. The lowest BCUT2D eigenvalue weighted by atomic mass is 9.98. The highest BCUT2D eigenvalue weighted by molar-refractivity contribution is 8.00. The van der Waals surface area contributed by atoms with E-state index in [0.29, 0.717) is 27.5 Å². The third kappa shape index (κ3) is 4.39. The number of fused-ring (bicyclic) bond motifs is 1. The van der Waals surface area contributed by atoms with Crippen LogP contribution in [0.15, 0.2) is 88.8 Å². The van der Waals surface area contributed by atoms with E-state index in [1.807, 2.05) is 67.6 Å². The Bertz CT molecular complexity index is 1300. The fourth-order valence-electron chi connectivity index (χ4n) is 3.66. The number of rotatable bonds is 7. The number of nitrogens with zero attached hydrogens (tertiary/aromatic N) is 2. The molecule has 0 radical (unpaired) electrons. The average Bonchev–Trinajstić information content (AvgIpc) is 2.84. The molecule has 0 aliphatic carbocycles. The molecule has 0 spiro atoms. The Kier molecular flexibility index (Phi) is 6.56. The lowest BCUT2D eigenvalue weighted by Crippen LogP contribution is -2.23. The van der Waals surface area contributed by atoms with Crippen LogP contribution >= 0.6 is 11.8 Å². The van der Waals surface area contributed by atoms with Gasteiger partial charge in [0.1, 0.15) is 0 Å². The second kappa shape index (κ2) is 9.53. The zero-order chi connectivity index (χ0) is 22.7. The van der Waals surface area contributed by atoms with Crippen molar-refractivity contribution in [3.05, 3.63) is 100 Å². The van der Waals surface area contributed by atoms with Crippen LogP contribution in [0.2, 0.25) is 0 Å². The van der Waals surface area contributed by atoms with Crippen molar-refractivity contribution in [1.29, 1.82) is 0 Å². The molecule has 2 atom stereocenters. The van der Waals surface area contributed by atoms with Crippen molar-refractivity contribution in [3.63, 3.8) is 0 Å². The van der Waals surface area contributed by atoms with Crippen LogP contribution in [0.4, 0.5) is 0 Å². The molecule has 0 aliphatic rings. The van der Waals surface area contributed by atoms with Gasteiger partial charge >= 0.3 is 0 Å². The molecule has 0 amide bonds. The highest BCUT2D eigenvalue weighted by Gasteiger charge is 2.21. The molecule has 4 nitrogen and oxygen atoms in total. The fraction of sp³-hybridized carbons (Fsp3) is 0.222. The molecule has 32 heavy (non-hydrogen) atoms. The summed E-state index contributed by atoms with van der Waals surface area (Å²) >= 11 is 1.31. The van der Waals surface area contributed by atoms with Gasteiger partial charge in [-0.05, 0) is 49.1 Å². The summed E-state index contributed by atoms with van der Waals surface area (Å²) in [5.74, 6) is 0.463. The van der Waals surface area contributed by atoms with Gasteiger partial charge in [-0.1, -0.05) is 80.2 Å². The van der Waals surface area contributed by atoms with Gasteiger partial charge in [0.2, 0.25) is 0 Å². The number of para-hydroxylation sites is 1. The fourth-order valence-corrected chi connectivity index (χ4v) is 4.66. The maximum atomic E-state index is 13.5. The van der Waals surface area contributed by atoms with E-state index in [0.717, 1.165) is 12.1 Å². The molecule has 0 saturated heterocycles. The number of hydrogen-bond donors (Lipinski definition) is 0. The molecule has 0 bridgehead atoms. The number of hydrogen-bond acceptors (Lipinski definition) is 4. The molecule has 0 saturated carbocycles. The SMILES string of the molecule is CCC(C)c1ccc(-n2c(SC(C)C(=O)c3ccccc3)nc3ccccc3c2=O)cc1. The van der Waals surface area contributed by atoms with E-state index in [-0.39, 0.29) is 11.3 Å². The quantitative estimate of drug-likeness (QED) is 0.192. The highest BCUT2D eigenvalue weighted by Crippen LogP contribution is 2.28. The second-order valence-corrected chi connectivity index (χ2v) is 9.25. The molecule has 4 aromatic rings. The third-order valence-corrected chi connectivity index (χ3v) is 6.84. The summed E-state index contributed by atoms with van der Waals surface area (Å²) in [6.07, 6.45) is 1.05. The number of carbonyl (C=O) groups is 1. The molecule has 5 heteroatoms. The summed E-state index contributed by atoms with van der Waals surface area (Å²) in [5, 5.41) is 0.683. The van der Waals surface area contributed by atoms with E-state index in [2.05, 4.69) is 26.0 Å². The Balaban J connectivity index is 1.79. The molecule has 3 aromatic carbocycles. The summed E-state index contributed by atoms with van der Waals surface area (Å²) < 4.78 is 1.63. The maximum absolute atomic E-state index is 13.5.